The summed E-state index contributed by atoms with van der Waals surface area (Å²) in [6.45, 7) is 6.49. The van der Waals surface area contributed by atoms with Gasteiger partial charge in [0.1, 0.15) is 36.2 Å². The quantitative estimate of drug-likeness (QED) is 0.182. The largest absolute Gasteiger partial charge is 0.497 e. The molecule has 10 heteroatoms. The summed E-state index contributed by atoms with van der Waals surface area (Å²) in [5.41, 5.74) is 6.22. The van der Waals surface area contributed by atoms with E-state index in [0.29, 0.717) is 37.1 Å². The summed E-state index contributed by atoms with van der Waals surface area (Å²) < 4.78 is 22.7. The van der Waals surface area contributed by atoms with Crippen molar-refractivity contribution in [3.63, 3.8) is 0 Å². The van der Waals surface area contributed by atoms with Crippen LogP contribution in [0.5, 0.6) is 23.0 Å². The Kier molecular flexibility index (Phi) is 12.1. The molecule has 1 aliphatic heterocycles. The van der Waals surface area contributed by atoms with Crippen LogP contribution in [0.2, 0.25) is 5.02 Å². The van der Waals surface area contributed by atoms with Crippen molar-refractivity contribution in [2.24, 2.45) is 0 Å². The van der Waals surface area contributed by atoms with Crippen molar-refractivity contribution in [2.75, 3.05) is 40.5 Å². The number of nitrogens with one attached hydrogen (secondary N) is 1. The van der Waals surface area contributed by atoms with Gasteiger partial charge in [0.15, 0.2) is 0 Å². The first-order chi connectivity index (χ1) is 21.8. The number of halogens is 1. The highest BCUT2D eigenvalue weighted by Gasteiger charge is 2.35. The minimum absolute atomic E-state index is 0.0870. The van der Waals surface area contributed by atoms with E-state index in [1.165, 1.54) is 0 Å². The lowest BCUT2D eigenvalue weighted by atomic mass is 9.93. The van der Waals surface area contributed by atoms with E-state index in [1.807, 2.05) is 73.3 Å². The topological polar surface area (TPSA) is 107 Å². The molecule has 240 valence electrons. The fourth-order valence-electron chi connectivity index (χ4n) is 5.22. The third kappa shape index (κ3) is 9.15. The summed E-state index contributed by atoms with van der Waals surface area (Å²) in [6.07, 6.45) is 2.83. The number of rotatable bonds is 12. The molecule has 1 amide bonds. The van der Waals surface area contributed by atoms with Crippen LogP contribution in [-0.4, -0.2) is 69.0 Å². The molecule has 45 heavy (non-hydrogen) atoms. The van der Waals surface area contributed by atoms with E-state index in [2.05, 4.69) is 5.32 Å². The van der Waals surface area contributed by atoms with Gasteiger partial charge in [0.05, 0.1) is 19.2 Å². The molecule has 1 aliphatic carbocycles. The summed E-state index contributed by atoms with van der Waals surface area (Å²) in [6, 6.07) is 17.9. The fourth-order valence-corrected chi connectivity index (χ4v) is 5.49. The van der Waals surface area contributed by atoms with Gasteiger partial charge in [-0.15, -0.1) is 0 Å². The van der Waals surface area contributed by atoms with Crippen LogP contribution < -0.4 is 24.3 Å². The van der Waals surface area contributed by atoms with E-state index in [4.69, 9.17) is 40.4 Å². The number of carboxylic acid groups (broad SMARTS) is 1. The third-order valence-corrected chi connectivity index (χ3v) is 8.14. The standard InChI is InChI=1S/C34H39ClN2O5.CH2O2/c1-22-15-32(35)33(16-23(22)2)42-14-13-41-27-9-5-25(6-10-27)30-11-12-36-20-31(30)34(38)37(26-7-8-26)21-24-17-28(39-3)19-29(18-24)40-4;2-1-3/h5-6,9-10,15-19,26,36H,7-8,11-14,20-21H2,1-4H3;1H,(H,2,3). The van der Waals surface area contributed by atoms with E-state index in [9.17, 15) is 4.79 Å². The Bertz CT molecular complexity index is 1480. The molecular formula is C35H41ClN2O7. The van der Waals surface area contributed by atoms with Crippen molar-refractivity contribution in [1.29, 1.82) is 0 Å². The van der Waals surface area contributed by atoms with Crippen LogP contribution in [0, 0.1) is 13.8 Å². The molecule has 9 nitrogen and oxygen atoms in total. The zero-order valence-corrected chi connectivity index (χ0v) is 27.0. The zero-order valence-electron chi connectivity index (χ0n) is 26.2. The minimum Gasteiger partial charge on any atom is -0.497 e. The Balaban J connectivity index is 0.00000148. The number of nitrogens with zero attached hydrogens (tertiary/aromatic N) is 1. The molecule has 0 aromatic heterocycles. The van der Waals surface area contributed by atoms with Crippen molar-refractivity contribution in [3.05, 3.63) is 87.4 Å². The molecule has 0 atom stereocenters. The lowest BCUT2D eigenvalue weighted by Gasteiger charge is -2.28. The summed E-state index contributed by atoms with van der Waals surface area (Å²) in [5, 5.41) is 10.9. The first-order valence-electron chi connectivity index (χ1n) is 14.9. The molecule has 1 fully saturated rings. The van der Waals surface area contributed by atoms with E-state index in [1.54, 1.807) is 14.2 Å². The number of hydrogen-bond acceptors (Lipinski definition) is 7. The van der Waals surface area contributed by atoms with E-state index in [-0.39, 0.29) is 18.4 Å². The van der Waals surface area contributed by atoms with Crippen molar-refractivity contribution in [3.8, 4) is 23.0 Å². The summed E-state index contributed by atoms with van der Waals surface area (Å²) >= 11 is 6.32. The predicted molar refractivity (Wildman–Crippen MR) is 175 cm³/mol. The molecule has 1 saturated carbocycles. The number of aryl methyl sites for hydroxylation is 2. The van der Waals surface area contributed by atoms with Gasteiger partial charge in [-0.1, -0.05) is 23.7 Å². The average molecular weight is 637 g/mol. The van der Waals surface area contributed by atoms with Crippen LogP contribution in [0.1, 0.15) is 41.5 Å². The van der Waals surface area contributed by atoms with Crippen LogP contribution in [0.15, 0.2) is 60.2 Å². The summed E-state index contributed by atoms with van der Waals surface area (Å²) in [5.74, 6) is 2.94. The van der Waals surface area contributed by atoms with Crippen LogP contribution in [0.3, 0.4) is 0 Å². The number of methoxy groups -OCH3 is 2. The Labute approximate surface area is 269 Å². The van der Waals surface area contributed by atoms with Crippen molar-refractivity contribution < 1.29 is 33.6 Å². The van der Waals surface area contributed by atoms with Gasteiger partial charge in [-0.3, -0.25) is 9.59 Å². The number of carbonyl (C=O) groups excluding carboxylic acids is 1. The van der Waals surface area contributed by atoms with Gasteiger partial charge in [-0.2, -0.15) is 0 Å². The Morgan fingerprint density at radius 3 is 2.20 bits per heavy atom. The lowest BCUT2D eigenvalue weighted by Crippen LogP contribution is -2.39. The average Bonchev–Trinajstić information content (AvgIpc) is 3.90. The van der Waals surface area contributed by atoms with Crippen LogP contribution in [0.25, 0.3) is 5.57 Å². The molecule has 0 bridgehead atoms. The van der Waals surface area contributed by atoms with Crippen LogP contribution >= 0.6 is 11.6 Å². The number of ether oxygens (including phenoxy) is 4. The molecule has 1 heterocycles. The SMILES string of the molecule is COc1cc(CN(C(=O)C2=C(c3ccc(OCCOc4cc(C)c(C)cc4Cl)cc3)CCNC2)C2CC2)cc(OC)c1.O=CO. The normalized spacial score (nSPS) is 14.2. The Hall–Kier alpha value is -4.21. The van der Waals surface area contributed by atoms with E-state index < -0.39 is 0 Å². The maximum Gasteiger partial charge on any atom is 0.290 e. The molecule has 3 aromatic carbocycles. The molecule has 0 spiro atoms. The van der Waals surface area contributed by atoms with E-state index >= 15 is 0 Å². The van der Waals surface area contributed by atoms with Gasteiger partial charge in [-0.25, -0.2) is 0 Å². The molecule has 0 saturated heterocycles. The highest BCUT2D eigenvalue weighted by atomic mass is 35.5. The van der Waals surface area contributed by atoms with Gasteiger partial charge in [0.25, 0.3) is 12.4 Å². The Morgan fingerprint density at radius 1 is 0.956 bits per heavy atom. The molecule has 3 aromatic rings. The van der Waals surface area contributed by atoms with Crippen molar-refractivity contribution in [1.82, 2.24) is 10.2 Å². The van der Waals surface area contributed by atoms with Crippen LogP contribution in [0.4, 0.5) is 0 Å². The monoisotopic (exact) mass is 636 g/mol. The van der Waals surface area contributed by atoms with Crippen molar-refractivity contribution in [2.45, 2.75) is 45.7 Å². The molecule has 0 unspecified atom stereocenters. The molecule has 2 aliphatic rings. The highest BCUT2D eigenvalue weighted by Crippen LogP contribution is 2.34. The van der Waals surface area contributed by atoms with Crippen LogP contribution in [-0.2, 0) is 16.1 Å². The highest BCUT2D eigenvalue weighted by molar-refractivity contribution is 6.32. The molecular weight excluding hydrogens is 596 g/mol. The third-order valence-electron chi connectivity index (χ3n) is 7.85. The smallest absolute Gasteiger partial charge is 0.290 e. The summed E-state index contributed by atoms with van der Waals surface area (Å²) in [4.78, 5) is 24.4. The molecule has 2 N–H and O–H groups in total. The van der Waals surface area contributed by atoms with Gasteiger partial charge in [0, 0.05) is 30.8 Å². The predicted octanol–water partition coefficient (Wildman–Crippen LogP) is 6.07. The summed E-state index contributed by atoms with van der Waals surface area (Å²) in [7, 11) is 3.28. The first kappa shape index (κ1) is 33.7. The number of amides is 1. The van der Waals surface area contributed by atoms with E-state index in [0.717, 1.165) is 76.5 Å². The maximum atomic E-state index is 14.0. The van der Waals surface area contributed by atoms with Gasteiger partial charge >= 0.3 is 0 Å². The first-order valence-corrected chi connectivity index (χ1v) is 15.3. The van der Waals surface area contributed by atoms with Gasteiger partial charge < -0.3 is 34.3 Å². The lowest BCUT2D eigenvalue weighted by molar-refractivity contribution is -0.128. The van der Waals surface area contributed by atoms with Gasteiger partial charge in [0.2, 0.25) is 0 Å². The fraction of sp³-hybridized carbons (Fsp3) is 0.371. The second-order valence-electron chi connectivity index (χ2n) is 11.0. The zero-order chi connectivity index (χ0) is 32.3. The second-order valence-corrected chi connectivity index (χ2v) is 11.4. The number of benzene rings is 3. The minimum atomic E-state index is -0.250. The Morgan fingerprint density at radius 2 is 1.58 bits per heavy atom. The van der Waals surface area contributed by atoms with Crippen molar-refractivity contribution >= 4 is 29.6 Å². The number of carbonyl (C=O) groups is 2. The molecule has 5 rings (SSSR count). The number of hydrogen-bond donors (Lipinski definition) is 2. The molecule has 0 radical (unpaired) electrons. The second kappa shape index (κ2) is 16.2. The maximum absolute atomic E-state index is 14.0. The van der Waals surface area contributed by atoms with Gasteiger partial charge in [-0.05, 0) is 104 Å².